The van der Waals surface area contributed by atoms with Gasteiger partial charge in [-0.05, 0) is 47.0 Å². The molecular weight excluding hydrogens is 202 g/mol. The van der Waals surface area contributed by atoms with Gasteiger partial charge in [0, 0.05) is 18.5 Å². The van der Waals surface area contributed by atoms with Crippen molar-refractivity contribution in [3.05, 3.63) is 0 Å². The summed E-state index contributed by atoms with van der Waals surface area (Å²) in [5, 5.41) is 3.53. The lowest BCUT2D eigenvalue weighted by Crippen LogP contribution is -2.40. The van der Waals surface area contributed by atoms with Gasteiger partial charge in [0.15, 0.2) is 0 Å². The SMILES string of the molecule is CC1CCCC(CCC(=O)OC(C)(C)C)N1. The molecule has 0 aromatic rings. The Bertz CT molecular complexity index is 233. The van der Waals surface area contributed by atoms with E-state index in [1.165, 1.54) is 19.3 Å². The predicted octanol–water partition coefficient (Wildman–Crippen LogP) is 2.64. The summed E-state index contributed by atoms with van der Waals surface area (Å²) in [6, 6.07) is 1.09. The lowest BCUT2D eigenvalue weighted by Gasteiger charge is -2.29. The lowest BCUT2D eigenvalue weighted by molar-refractivity contribution is -0.155. The summed E-state index contributed by atoms with van der Waals surface area (Å²) in [4.78, 5) is 11.5. The van der Waals surface area contributed by atoms with E-state index < -0.39 is 0 Å². The number of rotatable bonds is 3. The maximum Gasteiger partial charge on any atom is 0.306 e. The van der Waals surface area contributed by atoms with Gasteiger partial charge in [-0.2, -0.15) is 0 Å². The van der Waals surface area contributed by atoms with E-state index in [0.717, 1.165) is 6.42 Å². The number of piperidine rings is 1. The van der Waals surface area contributed by atoms with Crippen LogP contribution in [-0.2, 0) is 9.53 Å². The van der Waals surface area contributed by atoms with Crippen molar-refractivity contribution in [3.63, 3.8) is 0 Å². The van der Waals surface area contributed by atoms with Crippen molar-refractivity contribution in [2.75, 3.05) is 0 Å². The summed E-state index contributed by atoms with van der Waals surface area (Å²) < 4.78 is 5.29. The van der Waals surface area contributed by atoms with Crippen LogP contribution in [-0.4, -0.2) is 23.7 Å². The molecule has 0 spiro atoms. The molecule has 0 aliphatic carbocycles. The van der Waals surface area contributed by atoms with Crippen LogP contribution in [0.15, 0.2) is 0 Å². The number of hydrogen-bond acceptors (Lipinski definition) is 3. The molecular formula is C13H25NO2. The molecule has 1 aliphatic heterocycles. The maximum atomic E-state index is 11.5. The average molecular weight is 227 g/mol. The molecule has 94 valence electrons. The third kappa shape index (κ3) is 5.50. The van der Waals surface area contributed by atoms with Gasteiger partial charge >= 0.3 is 5.97 Å². The minimum absolute atomic E-state index is 0.0764. The fraction of sp³-hybridized carbons (Fsp3) is 0.923. The highest BCUT2D eigenvalue weighted by Crippen LogP contribution is 2.17. The highest BCUT2D eigenvalue weighted by atomic mass is 16.6. The minimum Gasteiger partial charge on any atom is -0.460 e. The summed E-state index contributed by atoms with van der Waals surface area (Å²) in [6.07, 6.45) is 5.14. The fourth-order valence-electron chi connectivity index (χ4n) is 2.15. The van der Waals surface area contributed by atoms with Crippen LogP contribution in [0.1, 0.15) is 59.8 Å². The second-order valence-corrected chi connectivity index (χ2v) is 5.82. The van der Waals surface area contributed by atoms with Gasteiger partial charge in [-0.15, -0.1) is 0 Å². The predicted molar refractivity (Wildman–Crippen MR) is 65.3 cm³/mol. The molecule has 16 heavy (non-hydrogen) atoms. The van der Waals surface area contributed by atoms with Gasteiger partial charge in [-0.3, -0.25) is 4.79 Å². The Hall–Kier alpha value is -0.570. The molecule has 0 aromatic heterocycles. The third-order valence-corrected chi connectivity index (χ3v) is 2.83. The normalized spacial score (nSPS) is 26.5. The van der Waals surface area contributed by atoms with E-state index in [1.807, 2.05) is 20.8 Å². The highest BCUT2D eigenvalue weighted by Gasteiger charge is 2.20. The van der Waals surface area contributed by atoms with Gasteiger partial charge in [-0.25, -0.2) is 0 Å². The first kappa shape index (κ1) is 13.5. The highest BCUT2D eigenvalue weighted by molar-refractivity contribution is 5.69. The van der Waals surface area contributed by atoms with E-state index >= 15 is 0 Å². The topological polar surface area (TPSA) is 38.3 Å². The Labute approximate surface area is 98.9 Å². The first-order valence-corrected chi connectivity index (χ1v) is 6.35. The summed E-state index contributed by atoms with van der Waals surface area (Å²) >= 11 is 0. The Kier molecular flexibility index (Phi) is 4.78. The second-order valence-electron chi connectivity index (χ2n) is 5.82. The van der Waals surface area contributed by atoms with Crippen LogP contribution in [0.4, 0.5) is 0 Å². The zero-order valence-corrected chi connectivity index (χ0v) is 11.0. The van der Waals surface area contributed by atoms with E-state index in [9.17, 15) is 4.79 Å². The van der Waals surface area contributed by atoms with E-state index in [1.54, 1.807) is 0 Å². The fourth-order valence-corrected chi connectivity index (χ4v) is 2.15. The van der Waals surface area contributed by atoms with Crippen LogP contribution in [0, 0.1) is 0 Å². The molecule has 1 N–H and O–H groups in total. The molecule has 0 saturated carbocycles. The molecule has 0 amide bonds. The first-order chi connectivity index (χ1) is 7.37. The number of nitrogens with one attached hydrogen (secondary N) is 1. The Morgan fingerprint density at radius 3 is 2.62 bits per heavy atom. The molecule has 2 atom stereocenters. The first-order valence-electron chi connectivity index (χ1n) is 6.35. The largest absolute Gasteiger partial charge is 0.460 e. The smallest absolute Gasteiger partial charge is 0.306 e. The van der Waals surface area contributed by atoms with Crippen LogP contribution in [0.25, 0.3) is 0 Å². The van der Waals surface area contributed by atoms with Gasteiger partial charge < -0.3 is 10.1 Å². The third-order valence-electron chi connectivity index (χ3n) is 2.83. The summed E-state index contributed by atoms with van der Waals surface area (Å²) in [7, 11) is 0. The van der Waals surface area contributed by atoms with Crippen molar-refractivity contribution in [1.82, 2.24) is 5.32 Å². The molecule has 1 aliphatic rings. The molecule has 0 radical (unpaired) electrons. The molecule has 0 aromatic carbocycles. The number of hydrogen-bond donors (Lipinski definition) is 1. The summed E-state index contributed by atoms with van der Waals surface area (Å²) in [5.74, 6) is -0.0764. The molecule has 1 rings (SSSR count). The van der Waals surface area contributed by atoms with Crippen LogP contribution in [0.3, 0.4) is 0 Å². The van der Waals surface area contributed by atoms with Crippen molar-refractivity contribution in [2.24, 2.45) is 0 Å². The Balaban J connectivity index is 2.21. The van der Waals surface area contributed by atoms with Gasteiger partial charge in [0.1, 0.15) is 5.60 Å². The van der Waals surface area contributed by atoms with E-state index in [4.69, 9.17) is 4.74 Å². The summed E-state index contributed by atoms with van der Waals surface area (Å²) in [6.45, 7) is 7.93. The zero-order chi connectivity index (χ0) is 12.2. The van der Waals surface area contributed by atoms with Crippen molar-refractivity contribution in [1.29, 1.82) is 0 Å². The van der Waals surface area contributed by atoms with Crippen molar-refractivity contribution >= 4 is 5.97 Å². The van der Waals surface area contributed by atoms with Crippen LogP contribution in [0.5, 0.6) is 0 Å². The van der Waals surface area contributed by atoms with E-state index in [2.05, 4.69) is 12.2 Å². The molecule has 3 nitrogen and oxygen atoms in total. The quantitative estimate of drug-likeness (QED) is 0.753. The zero-order valence-electron chi connectivity index (χ0n) is 11.0. The van der Waals surface area contributed by atoms with Crippen molar-refractivity contribution in [3.8, 4) is 0 Å². The van der Waals surface area contributed by atoms with Gasteiger partial charge in [0.05, 0.1) is 0 Å². The van der Waals surface area contributed by atoms with Gasteiger partial charge in [0.2, 0.25) is 0 Å². The molecule has 1 fully saturated rings. The molecule has 0 bridgehead atoms. The van der Waals surface area contributed by atoms with Crippen LogP contribution < -0.4 is 5.32 Å². The molecule has 1 heterocycles. The van der Waals surface area contributed by atoms with E-state index in [0.29, 0.717) is 18.5 Å². The number of carbonyl (C=O) groups excluding carboxylic acids is 1. The van der Waals surface area contributed by atoms with Gasteiger partial charge in [0.25, 0.3) is 0 Å². The van der Waals surface area contributed by atoms with Crippen LogP contribution >= 0.6 is 0 Å². The average Bonchev–Trinajstić information content (AvgIpc) is 2.12. The standard InChI is InChI=1S/C13H25NO2/c1-10-6-5-7-11(14-10)8-9-12(15)16-13(2,3)4/h10-11,14H,5-9H2,1-4H3. The van der Waals surface area contributed by atoms with E-state index in [-0.39, 0.29) is 11.6 Å². The lowest BCUT2D eigenvalue weighted by atomic mass is 9.96. The van der Waals surface area contributed by atoms with Gasteiger partial charge in [-0.1, -0.05) is 6.42 Å². The Morgan fingerprint density at radius 2 is 2.06 bits per heavy atom. The number of carbonyl (C=O) groups is 1. The molecule has 1 saturated heterocycles. The molecule has 3 heteroatoms. The monoisotopic (exact) mass is 227 g/mol. The Morgan fingerprint density at radius 1 is 1.38 bits per heavy atom. The summed E-state index contributed by atoms with van der Waals surface area (Å²) in [5.41, 5.74) is -0.357. The number of esters is 1. The minimum atomic E-state index is -0.357. The number of ether oxygens (including phenoxy) is 1. The maximum absolute atomic E-state index is 11.5. The van der Waals surface area contributed by atoms with Crippen molar-refractivity contribution in [2.45, 2.75) is 77.5 Å². The van der Waals surface area contributed by atoms with Crippen molar-refractivity contribution < 1.29 is 9.53 Å². The molecule has 2 unspecified atom stereocenters. The van der Waals surface area contributed by atoms with Crippen LogP contribution in [0.2, 0.25) is 0 Å². The second kappa shape index (κ2) is 5.67.